The van der Waals surface area contributed by atoms with Crippen molar-refractivity contribution in [2.75, 3.05) is 6.61 Å². The Bertz CT molecular complexity index is 979. The number of carbonyl (C=O) groups is 2. The maximum atomic E-state index is 12.8. The molecule has 3 heterocycles. The summed E-state index contributed by atoms with van der Waals surface area (Å²) >= 11 is 0. The third-order valence-corrected chi connectivity index (χ3v) is 5.56. The maximum Gasteiger partial charge on any atom is 0.340 e. The van der Waals surface area contributed by atoms with E-state index in [0.29, 0.717) is 23.5 Å². The lowest BCUT2D eigenvalue weighted by molar-refractivity contribution is -0.124. The van der Waals surface area contributed by atoms with Crippen LogP contribution in [0.15, 0.2) is 29.6 Å². The normalized spacial score (nSPS) is 18.5. The highest BCUT2D eigenvalue weighted by Gasteiger charge is 2.43. The summed E-state index contributed by atoms with van der Waals surface area (Å²) in [7, 11) is 1.87. The molecule has 0 saturated carbocycles. The SMILES string of the molecule is CCc1cnc(C2=NC(C)(C(C)C)C(=O)N2)c(C(=O)OCCCc2cnn(C)c2)c1. The molecule has 1 unspecified atom stereocenters. The standard InChI is InChI=1S/C22H29N5O3/c1-6-15-10-17(20(28)30-9-7-8-16-12-24-27(5)13-16)18(23-11-15)19-25-21(29)22(4,26-19)14(2)3/h10-14H,6-9H2,1-5H3,(H,25,26,29). The van der Waals surface area contributed by atoms with E-state index in [1.54, 1.807) is 30.1 Å². The van der Waals surface area contributed by atoms with Gasteiger partial charge in [-0.15, -0.1) is 0 Å². The van der Waals surface area contributed by atoms with Crippen LogP contribution in [0.4, 0.5) is 0 Å². The van der Waals surface area contributed by atoms with Gasteiger partial charge in [-0.1, -0.05) is 20.8 Å². The fraction of sp³-hybridized carbons (Fsp3) is 0.500. The van der Waals surface area contributed by atoms with Gasteiger partial charge in [-0.3, -0.25) is 14.5 Å². The number of pyridine rings is 1. The Morgan fingerprint density at radius 2 is 2.07 bits per heavy atom. The number of amides is 1. The molecule has 30 heavy (non-hydrogen) atoms. The molecule has 0 aliphatic carbocycles. The van der Waals surface area contributed by atoms with Gasteiger partial charge < -0.3 is 10.1 Å². The van der Waals surface area contributed by atoms with Gasteiger partial charge in [-0.25, -0.2) is 9.79 Å². The van der Waals surface area contributed by atoms with Crippen LogP contribution in [0.25, 0.3) is 0 Å². The number of aromatic nitrogens is 3. The largest absolute Gasteiger partial charge is 0.462 e. The van der Waals surface area contributed by atoms with E-state index in [9.17, 15) is 9.59 Å². The van der Waals surface area contributed by atoms with Gasteiger partial charge in [0, 0.05) is 19.4 Å². The molecule has 160 valence electrons. The molecule has 0 fully saturated rings. The summed E-state index contributed by atoms with van der Waals surface area (Å²) in [5.74, 6) is -0.326. The monoisotopic (exact) mass is 411 g/mol. The van der Waals surface area contributed by atoms with Crippen LogP contribution >= 0.6 is 0 Å². The topological polar surface area (TPSA) is 98.5 Å². The van der Waals surface area contributed by atoms with Crippen molar-refractivity contribution in [2.45, 2.75) is 52.5 Å². The molecule has 3 rings (SSSR count). The van der Waals surface area contributed by atoms with Gasteiger partial charge in [0.2, 0.25) is 0 Å². The van der Waals surface area contributed by atoms with Crippen molar-refractivity contribution in [1.82, 2.24) is 20.1 Å². The fourth-order valence-electron chi connectivity index (χ4n) is 3.21. The Morgan fingerprint density at radius 3 is 2.67 bits per heavy atom. The van der Waals surface area contributed by atoms with E-state index in [-0.39, 0.29) is 18.4 Å². The first-order valence-electron chi connectivity index (χ1n) is 10.3. The molecule has 1 aliphatic rings. The first-order valence-corrected chi connectivity index (χ1v) is 10.3. The summed E-state index contributed by atoms with van der Waals surface area (Å²) in [6.07, 6.45) is 7.65. The first kappa shape index (κ1) is 21.7. The third kappa shape index (κ3) is 4.42. The van der Waals surface area contributed by atoms with E-state index in [1.165, 1.54) is 0 Å². The summed E-state index contributed by atoms with van der Waals surface area (Å²) < 4.78 is 7.26. The van der Waals surface area contributed by atoms with Crippen LogP contribution in [0.2, 0.25) is 0 Å². The number of carbonyl (C=O) groups excluding carboxylic acids is 2. The zero-order valence-corrected chi connectivity index (χ0v) is 18.2. The van der Waals surface area contributed by atoms with Crippen molar-refractivity contribution in [3.8, 4) is 0 Å². The molecule has 1 atom stereocenters. The Balaban J connectivity index is 1.76. The lowest BCUT2D eigenvalue weighted by Gasteiger charge is -2.21. The molecule has 0 bridgehead atoms. The van der Waals surface area contributed by atoms with Crippen LogP contribution in [0.3, 0.4) is 0 Å². The predicted octanol–water partition coefficient (Wildman–Crippen LogP) is 2.46. The molecule has 0 spiro atoms. The first-order chi connectivity index (χ1) is 14.2. The van der Waals surface area contributed by atoms with Crippen molar-refractivity contribution < 1.29 is 14.3 Å². The average molecular weight is 412 g/mol. The number of hydrogen-bond donors (Lipinski definition) is 1. The van der Waals surface area contributed by atoms with Crippen molar-refractivity contribution >= 4 is 17.7 Å². The number of esters is 1. The Hall–Kier alpha value is -3.03. The molecule has 1 amide bonds. The lowest BCUT2D eigenvalue weighted by atomic mass is 9.89. The highest BCUT2D eigenvalue weighted by atomic mass is 16.5. The number of hydrogen-bond acceptors (Lipinski definition) is 6. The van der Waals surface area contributed by atoms with Crippen LogP contribution < -0.4 is 5.32 Å². The van der Waals surface area contributed by atoms with Gasteiger partial charge in [-0.05, 0) is 49.3 Å². The minimum Gasteiger partial charge on any atom is -0.462 e. The molecule has 0 radical (unpaired) electrons. The summed E-state index contributed by atoms with van der Waals surface area (Å²) in [5.41, 5.74) is 1.80. The summed E-state index contributed by atoms with van der Waals surface area (Å²) in [6.45, 7) is 7.95. The average Bonchev–Trinajstić information content (AvgIpc) is 3.27. The molecule has 2 aromatic rings. The fourth-order valence-corrected chi connectivity index (χ4v) is 3.21. The van der Waals surface area contributed by atoms with Gasteiger partial charge in [-0.2, -0.15) is 5.10 Å². The highest BCUT2D eigenvalue weighted by molar-refractivity contribution is 6.17. The number of aliphatic imine (C=N–C) groups is 1. The summed E-state index contributed by atoms with van der Waals surface area (Å²) in [6, 6.07) is 1.77. The number of rotatable bonds is 8. The van der Waals surface area contributed by atoms with Crippen molar-refractivity contribution in [3.05, 3.63) is 47.0 Å². The summed E-state index contributed by atoms with van der Waals surface area (Å²) in [4.78, 5) is 34.3. The molecule has 8 nitrogen and oxygen atoms in total. The number of ether oxygens (including phenoxy) is 1. The van der Waals surface area contributed by atoms with E-state index in [1.807, 2.05) is 34.0 Å². The summed E-state index contributed by atoms with van der Waals surface area (Å²) in [5, 5.41) is 6.93. The van der Waals surface area contributed by atoms with E-state index in [4.69, 9.17) is 4.74 Å². The van der Waals surface area contributed by atoms with Gasteiger partial charge in [0.1, 0.15) is 11.2 Å². The van der Waals surface area contributed by atoms with Crippen LogP contribution in [0, 0.1) is 5.92 Å². The zero-order chi connectivity index (χ0) is 21.9. The van der Waals surface area contributed by atoms with Crippen molar-refractivity contribution in [2.24, 2.45) is 18.0 Å². The van der Waals surface area contributed by atoms with Crippen LogP contribution in [-0.2, 0) is 29.4 Å². The number of aryl methyl sites for hydroxylation is 3. The smallest absolute Gasteiger partial charge is 0.340 e. The molecule has 2 aromatic heterocycles. The quantitative estimate of drug-likeness (QED) is 0.531. The minimum atomic E-state index is -0.884. The van der Waals surface area contributed by atoms with Crippen molar-refractivity contribution in [1.29, 1.82) is 0 Å². The number of nitrogens with one attached hydrogen (secondary N) is 1. The van der Waals surface area contributed by atoms with Crippen LogP contribution in [0.1, 0.15) is 61.3 Å². The number of nitrogens with zero attached hydrogens (tertiary/aromatic N) is 4. The minimum absolute atomic E-state index is 0.00722. The molecular formula is C22H29N5O3. The second kappa shape index (κ2) is 8.77. The Kier molecular flexibility index (Phi) is 6.34. The molecule has 0 aromatic carbocycles. The van der Waals surface area contributed by atoms with Crippen LogP contribution in [-0.4, -0.2) is 44.6 Å². The Morgan fingerprint density at radius 1 is 1.30 bits per heavy atom. The van der Waals surface area contributed by atoms with E-state index in [0.717, 1.165) is 24.0 Å². The zero-order valence-electron chi connectivity index (χ0n) is 18.2. The van der Waals surface area contributed by atoms with Gasteiger partial charge in [0.15, 0.2) is 5.84 Å². The van der Waals surface area contributed by atoms with Gasteiger partial charge in [0.25, 0.3) is 5.91 Å². The van der Waals surface area contributed by atoms with E-state index < -0.39 is 11.5 Å². The Labute approximate surface area is 176 Å². The lowest BCUT2D eigenvalue weighted by Crippen LogP contribution is -2.41. The molecule has 0 saturated heterocycles. The second-order valence-electron chi connectivity index (χ2n) is 8.07. The van der Waals surface area contributed by atoms with E-state index in [2.05, 4.69) is 20.4 Å². The van der Waals surface area contributed by atoms with Crippen molar-refractivity contribution in [3.63, 3.8) is 0 Å². The second-order valence-corrected chi connectivity index (χ2v) is 8.07. The van der Waals surface area contributed by atoms with Crippen LogP contribution in [0.5, 0.6) is 0 Å². The highest BCUT2D eigenvalue weighted by Crippen LogP contribution is 2.27. The predicted molar refractivity (Wildman–Crippen MR) is 113 cm³/mol. The van der Waals surface area contributed by atoms with Gasteiger partial charge in [0.05, 0.1) is 18.4 Å². The van der Waals surface area contributed by atoms with Gasteiger partial charge >= 0.3 is 5.97 Å². The molecule has 8 heteroatoms. The molecule has 1 aliphatic heterocycles. The molecular weight excluding hydrogens is 382 g/mol. The number of amidine groups is 1. The third-order valence-electron chi connectivity index (χ3n) is 5.56. The maximum absolute atomic E-state index is 12.8. The molecule has 1 N–H and O–H groups in total. The van der Waals surface area contributed by atoms with E-state index >= 15 is 0 Å².